The monoisotopic (exact) mass is 194 g/mol. The highest BCUT2D eigenvalue weighted by Crippen LogP contribution is 2.21. The van der Waals surface area contributed by atoms with Crippen LogP contribution < -0.4 is 10.6 Å². The average Bonchev–Trinajstić information content (AvgIpc) is 2.12. The Bertz CT molecular complexity index is 439. The van der Waals surface area contributed by atoms with Crippen LogP contribution >= 0.6 is 0 Å². The van der Waals surface area contributed by atoms with E-state index in [0.29, 0.717) is 11.1 Å². The summed E-state index contributed by atoms with van der Waals surface area (Å²) >= 11 is 0. The van der Waals surface area contributed by atoms with E-state index in [1.54, 1.807) is 6.92 Å². The Morgan fingerprint density at radius 1 is 1.64 bits per heavy atom. The standard InChI is InChI=1S/C8H8N3O3/c1-4-3-6(11(13)14)7(9)8(10-12)5(4)2/h3H,2,9H2,1H3/q+1. The molecule has 0 aromatic carbocycles. The summed E-state index contributed by atoms with van der Waals surface area (Å²) < 4.78 is 0. The lowest BCUT2D eigenvalue weighted by Gasteiger charge is -2.05. The zero-order valence-corrected chi connectivity index (χ0v) is 7.48. The van der Waals surface area contributed by atoms with Gasteiger partial charge in [-0.1, -0.05) is 6.58 Å². The van der Waals surface area contributed by atoms with E-state index < -0.39 is 4.92 Å². The van der Waals surface area contributed by atoms with Crippen LogP contribution in [0, 0.1) is 15.0 Å². The van der Waals surface area contributed by atoms with Gasteiger partial charge in [0.05, 0.1) is 10.5 Å². The molecule has 6 nitrogen and oxygen atoms in total. The van der Waals surface area contributed by atoms with Gasteiger partial charge in [0.15, 0.2) is 4.91 Å². The van der Waals surface area contributed by atoms with Crippen LogP contribution in [0.1, 0.15) is 6.92 Å². The lowest BCUT2D eigenvalue weighted by molar-refractivity contribution is -0.420. The summed E-state index contributed by atoms with van der Waals surface area (Å²) in [6.07, 6.45) is 1.27. The van der Waals surface area contributed by atoms with Gasteiger partial charge in [0, 0.05) is 6.08 Å². The molecular formula is C8H8N3O3+. The van der Waals surface area contributed by atoms with Crippen LogP contribution in [-0.2, 0) is 0 Å². The fourth-order valence-corrected chi connectivity index (χ4v) is 1.10. The Morgan fingerprint density at radius 2 is 2.21 bits per heavy atom. The van der Waals surface area contributed by atoms with Crippen LogP contribution in [0.15, 0.2) is 35.2 Å². The molecule has 1 aliphatic carbocycles. The maximum atomic E-state index is 10.5. The number of hydrogen-bond donors (Lipinski definition) is 1. The number of nitroso groups, excluding NO2 is 1. The SMILES string of the molecule is C=C1C(C)=CC([N+](=O)[O-])=C(N)C1=[N+]=O. The van der Waals surface area contributed by atoms with E-state index >= 15 is 0 Å². The van der Waals surface area contributed by atoms with Gasteiger partial charge >= 0.3 is 11.4 Å². The van der Waals surface area contributed by atoms with Crippen LogP contribution in [-0.4, -0.2) is 10.6 Å². The molecule has 0 heterocycles. The van der Waals surface area contributed by atoms with Gasteiger partial charge in [-0.2, -0.15) is 0 Å². The summed E-state index contributed by atoms with van der Waals surface area (Å²) in [7, 11) is 0. The number of nitrogens with zero attached hydrogens (tertiary/aromatic N) is 2. The van der Waals surface area contributed by atoms with Crippen molar-refractivity contribution in [3.8, 4) is 0 Å². The van der Waals surface area contributed by atoms with E-state index in [9.17, 15) is 15.0 Å². The van der Waals surface area contributed by atoms with E-state index in [-0.39, 0.29) is 17.1 Å². The number of allylic oxidation sites excluding steroid dienone is 3. The molecule has 0 bridgehead atoms. The molecule has 0 saturated carbocycles. The first-order valence-electron chi connectivity index (χ1n) is 3.71. The topological polar surface area (TPSA) is 100 Å². The van der Waals surface area contributed by atoms with Crippen LogP contribution in [0.4, 0.5) is 0 Å². The van der Waals surface area contributed by atoms with Gasteiger partial charge in [0.1, 0.15) is 0 Å². The van der Waals surface area contributed by atoms with Crippen molar-refractivity contribution in [1.82, 2.24) is 4.85 Å². The van der Waals surface area contributed by atoms with Crippen LogP contribution in [0.5, 0.6) is 0 Å². The zero-order chi connectivity index (χ0) is 10.9. The minimum Gasteiger partial charge on any atom is -0.386 e. The fourth-order valence-electron chi connectivity index (χ4n) is 1.10. The van der Waals surface area contributed by atoms with E-state index in [1.165, 1.54) is 6.08 Å². The first-order valence-corrected chi connectivity index (χ1v) is 3.71. The highest BCUT2D eigenvalue weighted by Gasteiger charge is 2.35. The number of nitrogens with two attached hydrogens (primary N) is 1. The Balaban J connectivity index is 3.46. The van der Waals surface area contributed by atoms with Gasteiger partial charge in [0.25, 0.3) is 0 Å². The van der Waals surface area contributed by atoms with Gasteiger partial charge in [-0.15, -0.1) is 0 Å². The third-order valence-electron chi connectivity index (χ3n) is 1.93. The van der Waals surface area contributed by atoms with Crippen molar-refractivity contribution in [2.45, 2.75) is 6.92 Å². The molecule has 0 spiro atoms. The summed E-state index contributed by atoms with van der Waals surface area (Å²) in [5.74, 6) is 0. The molecule has 0 aromatic heterocycles. The highest BCUT2D eigenvalue weighted by molar-refractivity contribution is 6.14. The van der Waals surface area contributed by atoms with E-state index in [4.69, 9.17) is 5.73 Å². The second-order valence-electron chi connectivity index (χ2n) is 2.80. The first-order chi connectivity index (χ1) is 6.49. The minimum absolute atomic E-state index is 0.156. The van der Waals surface area contributed by atoms with Gasteiger partial charge in [-0.25, -0.2) is 0 Å². The summed E-state index contributed by atoms with van der Waals surface area (Å²) in [4.78, 5) is 22.9. The molecule has 1 aliphatic rings. The Hall–Kier alpha value is -2.20. The normalized spacial score (nSPS) is 16.5. The van der Waals surface area contributed by atoms with Crippen LogP contribution in [0.25, 0.3) is 0 Å². The maximum absolute atomic E-state index is 10.5. The average molecular weight is 194 g/mol. The highest BCUT2D eigenvalue weighted by atomic mass is 16.6. The molecule has 0 atom stereocenters. The molecule has 2 N–H and O–H groups in total. The molecular weight excluding hydrogens is 186 g/mol. The molecule has 0 saturated heterocycles. The van der Waals surface area contributed by atoms with Crippen molar-refractivity contribution in [3.63, 3.8) is 0 Å². The maximum Gasteiger partial charge on any atom is 0.432 e. The molecule has 6 heteroatoms. The van der Waals surface area contributed by atoms with Crippen molar-refractivity contribution in [2.24, 2.45) is 5.73 Å². The van der Waals surface area contributed by atoms with Crippen molar-refractivity contribution < 1.29 is 4.92 Å². The molecule has 0 aliphatic heterocycles. The molecule has 0 aromatic rings. The van der Waals surface area contributed by atoms with E-state index in [2.05, 4.69) is 11.4 Å². The van der Waals surface area contributed by atoms with Gasteiger partial charge in [-0.3, -0.25) is 10.1 Å². The van der Waals surface area contributed by atoms with Crippen molar-refractivity contribution in [3.05, 3.63) is 50.2 Å². The summed E-state index contributed by atoms with van der Waals surface area (Å²) in [5.41, 5.74) is 5.52. The predicted octanol–water partition coefficient (Wildman–Crippen LogP) is 0.224. The Kier molecular flexibility index (Phi) is 2.31. The van der Waals surface area contributed by atoms with Gasteiger partial charge < -0.3 is 5.73 Å². The molecule has 0 unspecified atom stereocenters. The van der Waals surface area contributed by atoms with E-state index in [1.807, 2.05) is 0 Å². The minimum atomic E-state index is -0.656. The third kappa shape index (κ3) is 1.34. The molecule has 14 heavy (non-hydrogen) atoms. The van der Waals surface area contributed by atoms with Crippen LogP contribution in [0.2, 0.25) is 0 Å². The zero-order valence-electron chi connectivity index (χ0n) is 7.48. The summed E-state index contributed by atoms with van der Waals surface area (Å²) in [5, 5.41) is 10.5. The number of hydrogen-bond acceptors (Lipinski definition) is 4. The number of nitro groups is 1. The molecule has 0 radical (unpaired) electrons. The predicted molar refractivity (Wildman–Crippen MR) is 51.6 cm³/mol. The molecule has 1 rings (SSSR count). The van der Waals surface area contributed by atoms with Crippen molar-refractivity contribution in [2.75, 3.05) is 0 Å². The Morgan fingerprint density at radius 3 is 2.64 bits per heavy atom. The second kappa shape index (κ2) is 3.27. The first kappa shape index (κ1) is 9.88. The molecule has 0 fully saturated rings. The third-order valence-corrected chi connectivity index (χ3v) is 1.93. The van der Waals surface area contributed by atoms with Crippen molar-refractivity contribution >= 4 is 5.71 Å². The largest absolute Gasteiger partial charge is 0.432 e. The fraction of sp³-hybridized carbons (Fsp3) is 0.125. The molecule has 0 amide bonds. The van der Waals surface area contributed by atoms with Crippen LogP contribution in [0.3, 0.4) is 0 Å². The second-order valence-corrected chi connectivity index (χ2v) is 2.80. The van der Waals surface area contributed by atoms with Gasteiger partial charge in [0.2, 0.25) is 10.5 Å². The van der Waals surface area contributed by atoms with Gasteiger partial charge in [-0.05, 0) is 12.5 Å². The van der Waals surface area contributed by atoms with E-state index in [0.717, 1.165) is 0 Å². The lowest BCUT2D eigenvalue weighted by atomic mass is 9.95. The quantitative estimate of drug-likeness (QED) is 0.366. The summed E-state index contributed by atoms with van der Waals surface area (Å²) in [6, 6.07) is 0. The molecule has 72 valence electrons. The van der Waals surface area contributed by atoms with Crippen molar-refractivity contribution in [1.29, 1.82) is 0 Å². The Labute approximate surface area is 79.3 Å². The number of rotatable bonds is 1. The lowest BCUT2D eigenvalue weighted by Crippen LogP contribution is -2.24. The summed E-state index contributed by atoms with van der Waals surface area (Å²) in [6.45, 7) is 5.16. The smallest absolute Gasteiger partial charge is 0.386 e.